The SMILES string of the molecule is CC(C)c1ccc(Nc2nccc(CN)n2)cc1. The van der Waals surface area contributed by atoms with Crippen molar-refractivity contribution in [2.24, 2.45) is 5.73 Å². The zero-order valence-corrected chi connectivity index (χ0v) is 10.7. The highest BCUT2D eigenvalue weighted by atomic mass is 15.1. The van der Waals surface area contributed by atoms with Gasteiger partial charge in [0.1, 0.15) is 0 Å². The molecule has 0 atom stereocenters. The molecule has 0 radical (unpaired) electrons. The molecule has 18 heavy (non-hydrogen) atoms. The lowest BCUT2D eigenvalue weighted by atomic mass is 10.0. The van der Waals surface area contributed by atoms with Crippen molar-refractivity contribution in [2.75, 3.05) is 5.32 Å². The summed E-state index contributed by atoms with van der Waals surface area (Å²) in [6, 6.07) is 10.1. The van der Waals surface area contributed by atoms with Gasteiger partial charge in [0.2, 0.25) is 5.95 Å². The van der Waals surface area contributed by atoms with E-state index in [0.717, 1.165) is 11.4 Å². The maximum absolute atomic E-state index is 5.55. The highest BCUT2D eigenvalue weighted by molar-refractivity contribution is 5.53. The van der Waals surface area contributed by atoms with E-state index in [4.69, 9.17) is 5.73 Å². The Labute approximate surface area is 107 Å². The van der Waals surface area contributed by atoms with Gasteiger partial charge < -0.3 is 11.1 Å². The van der Waals surface area contributed by atoms with Crippen molar-refractivity contribution in [3.8, 4) is 0 Å². The predicted octanol–water partition coefficient (Wildman–Crippen LogP) is 2.80. The Kier molecular flexibility index (Phi) is 3.89. The molecule has 0 aliphatic rings. The lowest BCUT2D eigenvalue weighted by molar-refractivity contribution is 0.867. The first kappa shape index (κ1) is 12.5. The first-order chi connectivity index (χ1) is 8.69. The third-order valence-electron chi connectivity index (χ3n) is 2.76. The van der Waals surface area contributed by atoms with E-state index in [1.165, 1.54) is 5.56 Å². The lowest BCUT2D eigenvalue weighted by Crippen LogP contribution is -2.03. The quantitative estimate of drug-likeness (QED) is 0.865. The minimum atomic E-state index is 0.420. The molecular weight excluding hydrogens is 224 g/mol. The fraction of sp³-hybridized carbons (Fsp3) is 0.286. The summed E-state index contributed by atoms with van der Waals surface area (Å²) in [6.07, 6.45) is 1.71. The van der Waals surface area contributed by atoms with Crippen LogP contribution >= 0.6 is 0 Å². The van der Waals surface area contributed by atoms with Crippen molar-refractivity contribution in [1.29, 1.82) is 0 Å². The van der Waals surface area contributed by atoms with Gasteiger partial charge in [-0.1, -0.05) is 26.0 Å². The van der Waals surface area contributed by atoms with Crippen LogP contribution in [0.4, 0.5) is 11.6 Å². The van der Waals surface area contributed by atoms with E-state index in [0.29, 0.717) is 18.4 Å². The van der Waals surface area contributed by atoms with E-state index in [1.54, 1.807) is 6.20 Å². The fourth-order valence-corrected chi connectivity index (χ4v) is 1.65. The second-order valence-electron chi connectivity index (χ2n) is 4.48. The average Bonchev–Trinajstić information content (AvgIpc) is 2.39. The van der Waals surface area contributed by atoms with Crippen LogP contribution in [0.1, 0.15) is 31.0 Å². The van der Waals surface area contributed by atoms with E-state index >= 15 is 0 Å². The molecule has 4 heteroatoms. The molecule has 0 spiro atoms. The Morgan fingerprint density at radius 3 is 2.50 bits per heavy atom. The molecule has 1 heterocycles. The molecule has 0 bridgehead atoms. The Balaban J connectivity index is 2.13. The van der Waals surface area contributed by atoms with Crippen LogP contribution in [0.15, 0.2) is 36.5 Å². The highest BCUT2D eigenvalue weighted by Gasteiger charge is 2.01. The molecule has 2 rings (SSSR count). The van der Waals surface area contributed by atoms with E-state index in [2.05, 4.69) is 41.3 Å². The van der Waals surface area contributed by atoms with Gasteiger partial charge in [-0.05, 0) is 29.7 Å². The van der Waals surface area contributed by atoms with Crippen LogP contribution in [0.3, 0.4) is 0 Å². The van der Waals surface area contributed by atoms with Crippen molar-refractivity contribution >= 4 is 11.6 Å². The number of hydrogen-bond donors (Lipinski definition) is 2. The summed E-state index contributed by atoms with van der Waals surface area (Å²) in [7, 11) is 0. The number of nitrogens with one attached hydrogen (secondary N) is 1. The van der Waals surface area contributed by atoms with E-state index in [-0.39, 0.29) is 0 Å². The number of hydrogen-bond acceptors (Lipinski definition) is 4. The summed E-state index contributed by atoms with van der Waals surface area (Å²) in [5.41, 5.74) is 8.67. The van der Waals surface area contributed by atoms with Crippen LogP contribution in [0, 0.1) is 0 Å². The van der Waals surface area contributed by atoms with E-state index in [9.17, 15) is 0 Å². The van der Waals surface area contributed by atoms with Gasteiger partial charge in [-0.15, -0.1) is 0 Å². The number of benzene rings is 1. The van der Waals surface area contributed by atoms with E-state index < -0.39 is 0 Å². The minimum Gasteiger partial charge on any atom is -0.325 e. The highest BCUT2D eigenvalue weighted by Crippen LogP contribution is 2.18. The molecule has 0 aliphatic heterocycles. The summed E-state index contributed by atoms with van der Waals surface area (Å²) >= 11 is 0. The van der Waals surface area contributed by atoms with Crippen molar-refractivity contribution in [1.82, 2.24) is 9.97 Å². The molecular formula is C14H18N4. The van der Waals surface area contributed by atoms with Crippen LogP contribution in [-0.2, 0) is 6.54 Å². The summed E-state index contributed by atoms with van der Waals surface area (Å²) in [4.78, 5) is 8.46. The summed E-state index contributed by atoms with van der Waals surface area (Å²) in [6.45, 7) is 4.77. The normalized spacial score (nSPS) is 10.7. The zero-order chi connectivity index (χ0) is 13.0. The molecule has 0 saturated carbocycles. The van der Waals surface area contributed by atoms with Gasteiger partial charge in [0.05, 0.1) is 5.69 Å². The van der Waals surface area contributed by atoms with Crippen molar-refractivity contribution in [2.45, 2.75) is 26.3 Å². The molecule has 0 amide bonds. The lowest BCUT2D eigenvalue weighted by Gasteiger charge is -2.08. The van der Waals surface area contributed by atoms with E-state index in [1.807, 2.05) is 18.2 Å². The zero-order valence-electron chi connectivity index (χ0n) is 10.7. The molecule has 1 aromatic carbocycles. The van der Waals surface area contributed by atoms with Gasteiger partial charge in [0.25, 0.3) is 0 Å². The van der Waals surface area contributed by atoms with Gasteiger partial charge in [-0.25, -0.2) is 9.97 Å². The monoisotopic (exact) mass is 242 g/mol. The molecule has 3 N–H and O–H groups in total. The van der Waals surface area contributed by atoms with Crippen molar-refractivity contribution in [3.63, 3.8) is 0 Å². The molecule has 0 fully saturated rings. The van der Waals surface area contributed by atoms with Gasteiger partial charge in [0, 0.05) is 18.4 Å². The molecule has 0 saturated heterocycles. The maximum Gasteiger partial charge on any atom is 0.227 e. The topological polar surface area (TPSA) is 63.8 Å². The van der Waals surface area contributed by atoms with Gasteiger partial charge in [-0.3, -0.25) is 0 Å². The van der Waals surface area contributed by atoms with Crippen LogP contribution in [0.5, 0.6) is 0 Å². The number of nitrogens with zero attached hydrogens (tertiary/aromatic N) is 2. The maximum atomic E-state index is 5.55. The Morgan fingerprint density at radius 1 is 1.17 bits per heavy atom. The molecule has 4 nitrogen and oxygen atoms in total. The Hall–Kier alpha value is -1.94. The smallest absolute Gasteiger partial charge is 0.227 e. The van der Waals surface area contributed by atoms with Crippen LogP contribution < -0.4 is 11.1 Å². The second-order valence-corrected chi connectivity index (χ2v) is 4.48. The largest absolute Gasteiger partial charge is 0.325 e. The standard InChI is InChI=1S/C14H18N4/c1-10(2)11-3-5-12(6-4-11)17-14-16-8-7-13(9-15)18-14/h3-8,10H,9,15H2,1-2H3,(H,16,17,18). The average molecular weight is 242 g/mol. The summed E-state index contributed by atoms with van der Waals surface area (Å²) < 4.78 is 0. The summed E-state index contributed by atoms with van der Waals surface area (Å²) in [5, 5.41) is 3.17. The Morgan fingerprint density at radius 2 is 1.89 bits per heavy atom. The molecule has 0 unspecified atom stereocenters. The second kappa shape index (κ2) is 5.60. The number of anilines is 2. The minimum absolute atomic E-state index is 0.420. The van der Waals surface area contributed by atoms with Crippen molar-refractivity contribution in [3.05, 3.63) is 47.8 Å². The van der Waals surface area contributed by atoms with Crippen LogP contribution in [0.25, 0.3) is 0 Å². The van der Waals surface area contributed by atoms with Crippen molar-refractivity contribution < 1.29 is 0 Å². The fourth-order valence-electron chi connectivity index (χ4n) is 1.65. The molecule has 0 aliphatic carbocycles. The third kappa shape index (κ3) is 3.05. The van der Waals surface area contributed by atoms with Crippen LogP contribution in [-0.4, -0.2) is 9.97 Å². The van der Waals surface area contributed by atoms with Gasteiger partial charge in [0.15, 0.2) is 0 Å². The third-order valence-corrected chi connectivity index (χ3v) is 2.76. The van der Waals surface area contributed by atoms with Gasteiger partial charge in [-0.2, -0.15) is 0 Å². The number of nitrogens with two attached hydrogens (primary N) is 1. The van der Waals surface area contributed by atoms with Gasteiger partial charge >= 0.3 is 0 Å². The first-order valence-electron chi connectivity index (χ1n) is 6.08. The summed E-state index contributed by atoms with van der Waals surface area (Å²) in [5.74, 6) is 1.12. The predicted molar refractivity (Wildman–Crippen MR) is 73.7 cm³/mol. The first-order valence-corrected chi connectivity index (χ1v) is 6.08. The van der Waals surface area contributed by atoms with Crippen LogP contribution in [0.2, 0.25) is 0 Å². The molecule has 94 valence electrons. The number of aromatic nitrogens is 2. The molecule has 2 aromatic rings. The Bertz CT molecular complexity index is 505. The molecule has 1 aromatic heterocycles. The number of rotatable bonds is 4.